The highest BCUT2D eigenvalue weighted by atomic mass is 32.1. The number of aromatic nitrogens is 1. The van der Waals surface area contributed by atoms with Gasteiger partial charge in [-0.1, -0.05) is 24.3 Å². The van der Waals surface area contributed by atoms with E-state index in [1.54, 1.807) is 18.2 Å². The Morgan fingerprint density at radius 1 is 1.26 bits per heavy atom. The smallest absolute Gasteiger partial charge is 0.318 e. The first-order valence-corrected chi connectivity index (χ1v) is 11.8. The number of fused-ring (bicyclic) bond motifs is 1. The lowest BCUT2D eigenvalue weighted by Crippen LogP contribution is -2.43. The molecule has 0 saturated carbocycles. The molecule has 8 nitrogen and oxygen atoms in total. The normalized spacial score (nSPS) is 14.6. The Hall–Kier alpha value is -3.90. The van der Waals surface area contributed by atoms with Gasteiger partial charge in [-0.2, -0.15) is 5.26 Å². The average Bonchev–Trinajstić information content (AvgIpc) is 3.28. The fraction of sp³-hybridized carbons (Fsp3) is 0.280. The van der Waals surface area contributed by atoms with E-state index in [0.717, 1.165) is 27.4 Å². The summed E-state index contributed by atoms with van der Waals surface area (Å²) >= 11 is 1.41. The maximum atomic E-state index is 12.7. The molecule has 3 aromatic rings. The van der Waals surface area contributed by atoms with Crippen LogP contribution in [0.3, 0.4) is 0 Å². The van der Waals surface area contributed by atoms with Crippen molar-refractivity contribution in [3.8, 4) is 11.8 Å². The molecule has 1 unspecified atom stereocenters. The standard InChI is InChI=1S/C25H25N5O3S/c1-33-21-8-3-2-6-17(21)9-10-23(31)29-24-12-20-18(13-26)15-30(16-22(20)34-24)25(32)28-14-19-7-4-5-11-27-19/h2-8,11-12,18H,9-10,14-16H2,1H3,(H,28,32)(H,29,31). The van der Waals surface area contributed by atoms with Gasteiger partial charge in [0.15, 0.2) is 0 Å². The highest BCUT2D eigenvalue weighted by molar-refractivity contribution is 7.16. The Kier molecular flexibility index (Phi) is 7.40. The fourth-order valence-electron chi connectivity index (χ4n) is 3.88. The Morgan fingerprint density at radius 3 is 2.85 bits per heavy atom. The second-order valence-electron chi connectivity index (χ2n) is 7.89. The zero-order chi connectivity index (χ0) is 23.9. The first kappa shape index (κ1) is 23.3. The molecule has 0 spiro atoms. The number of nitrogens with zero attached hydrogens (tertiary/aromatic N) is 3. The SMILES string of the molecule is COc1ccccc1CCC(=O)Nc1cc2c(s1)CN(C(=O)NCc1ccccn1)CC2C#N. The van der Waals surface area contributed by atoms with Crippen molar-refractivity contribution in [2.45, 2.75) is 31.8 Å². The van der Waals surface area contributed by atoms with E-state index in [4.69, 9.17) is 4.74 Å². The summed E-state index contributed by atoms with van der Waals surface area (Å²) in [5.41, 5.74) is 2.61. The van der Waals surface area contributed by atoms with Crippen LogP contribution in [0, 0.1) is 11.3 Å². The molecule has 0 radical (unpaired) electrons. The molecule has 0 aliphatic carbocycles. The molecular weight excluding hydrogens is 450 g/mol. The van der Waals surface area contributed by atoms with Crippen LogP contribution in [0.25, 0.3) is 0 Å². The van der Waals surface area contributed by atoms with Gasteiger partial charge in [-0.25, -0.2) is 4.79 Å². The van der Waals surface area contributed by atoms with Crippen molar-refractivity contribution in [2.75, 3.05) is 19.0 Å². The number of methoxy groups -OCH3 is 1. The summed E-state index contributed by atoms with van der Waals surface area (Å²) in [6.07, 6.45) is 2.55. The number of benzene rings is 1. The van der Waals surface area contributed by atoms with Gasteiger partial charge < -0.3 is 20.3 Å². The van der Waals surface area contributed by atoms with Gasteiger partial charge in [0, 0.05) is 24.0 Å². The lowest BCUT2D eigenvalue weighted by molar-refractivity contribution is -0.116. The molecule has 3 amide bonds. The van der Waals surface area contributed by atoms with Crippen molar-refractivity contribution in [3.63, 3.8) is 0 Å². The number of para-hydroxylation sites is 1. The van der Waals surface area contributed by atoms with Crippen molar-refractivity contribution in [1.29, 1.82) is 5.26 Å². The third-order valence-corrected chi connectivity index (χ3v) is 6.67. The predicted octanol–water partition coefficient (Wildman–Crippen LogP) is 4.06. The van der Waals surface area contributed by atoms with Crippen LogP contribution < -0.4 is 15.4 Å². The molecule has 1 aliphatic rings. The zero-order valence-electron chi connectivity index (χ0n) is 18.8. The molecule has 0 saturated heterocycles. The van der Waals surface area contributed by atoms with Crippen molar-refractivity contribution < 1.29 is 14.3 Å². The van der Waals surface area contributed by atoms with Crippen LogP contribution >= 0.6 is 11.3 Å². The highest BCUT2D eigenvalue weighted by Gasteiger charge is 2.30. The maximum Gasteiger partial charge on any atom is 0.318 e. The molecule has 4 rings (SSSR count). The van der Waals surface area contributed by atoms with E-state index in [1.807, 2.05) is 48.5 Å². The molecule has 3 heterocycles. The number of nitrogens with one attached hydrogen (secondary N) is 2. The van der Waals surface area contributed by atoms with Crippen molar-refractivity contribution in [2.24, 2.45) is 0 Å². The monoisotopic (exact) mass is 475 g/mol. The first-order valence-electron chi connectivity index (χ1n) is 10.9. The minimum absolute atomic E-state index is 0.108. The average molecular weight is 476 g/mol. The largest absolute Gasteiger partial charge is 0.496 e. The van der Waals surface area contributed by atoms with Crippen molar-refractivity contribution in [3.05, 3.63) is 76.4 Å². The lowest BCUT2D eigenvalue weighted by Gasteiger charge is -2.29. The summed E-state index contributed by atoms with van der Waals surface area (Å²) in [6, 6.07) is 17.1. The van der Waals surface area contributed by atoms with Crippen LogP contribution in [0.4, 0.5) is 9.80 Å². The predicted molar refractivity (Wildman–Crippen MR) is 130 cm³/mol. The van der Waals surface area contributed by atoms with Crippen molar-refractivity contribution >= 4 is 28.3 Å². The molecule has 2 aromatic heterocycles. The van der Waals surface area contributed by atoms with E-state index in [0.29, 0.717) is 37.5 Å². The van der Waals surface area contributed by atoms with Gasteiger partial charge >= 0.3 is 6.03 Å². The summed E-state index contributed by atoms with van der Waals surface area (Å²) in [6.45, 7) is 1.01. The topological polar surface area (TPSA) is 107 Å². The molecule has 1 aromatic carbocycles. The van der Waals surface area contributed by atoms with Gasteiger partial charge in [-0.3, -0.25) is 9.78 Å². The third-order valence-electron chi connectivity index (χ3n) is 5.62. The number of rotatable bonds is 7. The second-order valence-corrected chi connectivity index (χ2v) is 9.03. The number of anilines is 1. The fourth-order valence-corrected chi connectivity index (χ4v) is 5.04. The number of amides is 3. The number of ether oxygens (including phenoxy) is 1. The van der Waals surface area contributed by atoms with Crippen LogP contribution in [-0.2, 0) is 24.3 Å². The van der Waals surface area contributed by atoms with Crippen LogP contribution in [0.2, 0.25) is 0 Å². The molecule has 0 bridgehead atoms. The van der Waals surface area contributed by atoms with E-state index >= 15 is 0 Å². The zero-order valence-corrected chi connectivity index (χ0v) is 19.6. The summed E-state index contributed by atoms with van der Waals surface area (Å²) in [5.74, 6) is 0.211. The number of thiophene rings is 1. The molecular formula is C25H25N5O3S. The quantitative estimate of drug-likeness (QED) is 0.536. The minimum atomic E-state index is -0.445. The number of nitriles is 1. The summed E-state index contributed by atoms with van der Waals surface area (Å²) in [7, 11) is 1.61. The van der Waals surface area contributed by atoms with E-state index in [1.165, 1.54) is 11.3 Å². The van der Waals surface area contributed by atoms with Gasteiger partial charge in [0.25, 0.3) is 0 Å². The minimum Gasteiger partial charge on any atom is -0.496 e. The van der Waals surface area contributed by atoms with E-state index in [-0.39, 0.29) is 11.9 Å². The van der Waals surface area contributed by atoms with Gasteiger partial charge in [-0.15, -0.1) is 11.3 Å². The Morgan fingerprint density at radius 2 is 2.09 bits per heavy atom. The number of carbonyl (C=O) groups excluding carboxylic acids is 2. The van der Waals surface area contributed by atoms with Crippen LogP contribution in [0.1, 0.15) is 34.0 Å². The summed E-state index contributed by atoms with van der Waals surface area (Å²) in [5, 5.41) is 16.2. The van der Waals surface area contributed by atoms with Crippen molar-refractivity contribution in [1.82, 2.24) is 15.2 Å². The molecule has 1 aliphatic heterocycles. The number of hydrogen-bond acceptors (Lipinski definition) is 6. The molecule has 34 heavy (non-hydrogen) atoms. The van der Waals surface area contributed by atoms with E-state index in [9.17, 15) is 14.9 Å². The van der Waals surface area contributed by atoms with Gasteiger partial charge in [0.1, 0.15) is 5.75 Å². The number of aryl methyl sites for hydroxylation is 1. The Labute approximate surface area is 202 Å². The summed E-state index contributed by atoms with van der Waals surface area (Å²) in [4.78, 5) is 32.0. The lowest BCUT2D eigenvalue weighted by atomic mass is 9.97. The van der Waals surface area contributed by atoms with Crippen LogP contribution in [0.5, 0.6) is 5.75 Å². The number of carbonyl (C=O) groups is 2. The number of urea groups is 1. The van der Waals surface area contributed by atoms with Gasteiger partial charge in [-0.05, 0) is 41.8 Å². The molecule has 0 fully saturated rings. The van der Waals surface area contributed by atoms with Crippen LogP contribution in [-0.4, -0.2) is 35.5 Å². The summed E-state index contributed by atoms with van der Waals surface area (Å²) < 4.78 is 5.35. The third kappa shape index (κ3) is 5.53. The van der Waals surface area contributed by atoms with E-state index < -0.39 is 5.92 Å². The first-order chi connectivity index (χ1) is 16.6. The number of hydrogen-bond donors (Lipinski definition) is 2. The Balaban J connectivity index is 1.37. The highest BCUT2D eigenvalue weighted by Crippen LogP contribution is 2.37. The molecule has 9 heteroatoms. The Bertz CT molecular complexity index is 1200. The molecule has 174 valence electrons. The maximum absolute atomic E-state index is 12.7. The van der Waals surface area contributed by atoms with Crippen LogP contribution in [0.15, 0.2) is 54.7 Å². The van der Waals surface area contributed by atoms with Gasteiger partial charge in [0.2, 0.25) is 5.91 Å². The van der Waals surface area contributed by atoms with E-state index in [2.05, 4.69) is 21.7 Å². The second kappa shape index (κ2) is 10.8. The molecule has 1 atom stereocenters. The van der Waals surface area contributed by atoms with Gasteiger partial charge in [0.05, 0.1) is 42.9 Å². The number of pyridine rings is 1. The molecule has 2 N–H and O–H groups in total.